The number of rotatable bonds is 6. The van der Waals surface area contributed by atoms with Crippen LogP contribution in [0.15, 0.2) is 42.5 Å². The highest BCUT2D eigenvalue weighted by Gasteiger charge is 2.32. The molecule has 2 aromatic carbocycles. The minimum Gasteiger partial charge on any atom is -0.325 e. The number of fused-ring (bicyclic) bond motifs is 1. The SMILES string of the molecule is Cc1ccc(NC(=O)CSC(C)C(=O)Nc2ccc3c(c2)C(=O)N(C)C3=O)cc1. The molecule has 0 saturated carbocycles. The van der Waals surface area contributed by atoms with Crippen LogP contribution in [-0.2, 0) is 9.59 Å². The zero-order valence-corrected chi connectivity index (χ0v) is 17.1. The minimum atomic E-state index is -0.480. The van der Waals surface area contributed by atoms with Crippen LogP contribution in [0.25, 0.3) is 0 Å². The summed E-state index contributed by atoms with van der Waals surface area (Å²) in [5.74, 6) is -1.10. The predicted molar refractivity (Wildman–Crippen MR) is 113 cm³/mol. The third-order valence-electron chi connectivity index (χ3n) is 4.53. The monoisotopic (exact) mass is 411 g/mol. The Morgan fingerprint density at radius 3 is 2.28 bits per heavy atom. The number of aryl methyl sites for hydroxylation is 1. The van der Waals surface area contributed by atoms with Gasteiger partial charge in [0.25, 0.3) is 11.8 Å². The van der Waals surface area contributed by atoms with Gasteiger partial charge in [0.1, 0.15) is 0 Å². The average Bonchev–Trinajstić information content (AvgIpc) is 2.91. The molecule has 150 valence electrons. The molecule has 0 aliphatic carbocycles. The van der Waals surface area contributed by atoms with Crippen molar-refractivity contribution in [3.8, 4) is 0 Å². The number of carbonyl (C=O) groups excluding carboxylic acids is 4. The van der Waals surface area contributed by atoms with Crippen LogP contribution in [0.4, 0.5) is 11.4 Å². The number of amides is 4. The number of hydrogen-bond acceptors (Lipinski definition) is 5. The maximum Gasteiger partial charge on any atom is 0.261 e. The Balaban J connectivity index is 1.53. The van der Waals surface area contributed by atoms with E-state index in [1.165, 1.54) is 30.9 Å². The second-order valence-corrected chi connectivity index (χ2v) is 8.12. The quantitative estimate of drug-likeness (QED) is 0.713. The molecule has 0 spiro atoms. The van der Waals surface area contributed by atoms with Gasteiger partial charge in [-0.25, -0.2) is 0 Å². The van der Waals surface area contributed by atoms with Crippen LogP contribution >= 0.6 is 11.8 Å². The number of anilines is 2. The van der Waals surface area contributed by atoms with Gasteiger partial charge in [-0.3, -0.25) is 24.1 Å². The molecular formula is C21H21N3O4S. The van der Waals surface area contributed by atoms with Crippen molar-refractivity contribution in [3.05, 3.63) is 59.2 Å². The fourth-order valence-electron chi connectivity index (χ4n) is 2.79. The summed E-state index contributed by atoms with van der Waals surface area (Å²) in [6.07, 6.45) is 0. The number of imide groups is 1. The van der Waals surface area contributed by atoms with Gasteiger partial charge in [-0.15, -0.1) is 11.8 Å². The van der Waals surface area contributed by atoms with Gasteiger partial charge in [0.05, 0.1) is 22.1 Å². The second-order valence-electron chi connectivity index (χ2n) is 6.79. The van der Waals surface area contributed by atoms with Gasteiger partial charge < -0.3 is 10.6 Å². The average molecular weight is 411 g/mol. The number of thioether (sulfide) groups is 1. The van der Waals surface area contributed by atoms with E-state index in [1.54, 1.807) is 13.0 Å². The molecule has 0 bridgehead atoms. The highest BCUT2D eigenvalue weighted by atomic mass is 32.2. The van der Waals surface area contributed by atoms with E-state index in [0.717, 1.165) is 10.5 Å². The summed E-state index contributed by atoms with van der Waals surface area (Å²) in [6, 6.07) is 12.1. The van der Waals surface area contributed by atoms with Crippen molar-refractivity contribution in [2.24, 2.45) is 0 Å². The first-order valence-electron chi connectivity index (χ1n) is 9.01. The van der Waals surface area contributed by atoms with E-state index in [1.807, 2.05) is 31.2 Å². The molecule has 2 N–H and O–H groups in total. The van der Waals surface area contributed by atoms with Crippen molar-refractivity contribution in [1.82, 2.24) is 4.90 Å². The summed E-state index contributed by atoms with van der Waals surface area (Å²) < 4.78 is 0. The van der Waals surface area contributed by atoms with E-state index in [0.29, 0.717) is 16.9 Å². The van der Waals surface area contributed by atoms with Gasteiger partial charge in [0.15, 0.2) is 0 Å². The van der Waals surface area contributed by atoms with Crippen molar-refractivity contribution < 1.29 is 19.2 Å². The number of benzene rings is 2. The fourth-order valence-corrected chi connectivity index (χ4v) is 3.48. The molecule has 7 nitrogen and oxygen atoms in total. The first kappa shape index (κ1) is 20.6. The topological polar surface area (TPSA) is 95.6 Å². The zero-order chi connectivity index (χ0) is 21.1. The summed E-state index contributed by atoms with van der Waals surface area (Å²) in [5.41, 5.74) is 2.84. The highest BCUT2D eigenvalue weighted by Crippen LogP contribution is 2.25. The first-order chi connectivity index (χ1) is 13.8. The second kappa shape index (κ2) is 8.48. The Morgan fingerprint density at radius 1 is 0.966 bits per heavy atom. The molecule has 0 saturated heterocycles. The van der Waals surface area contributed by atoms with E-state index < -0.39 is 11.2 Å². The Labute approximate surface area is 172 Å². The fraction of sp³-hybridized carbons (Fsp3) is 0.238. The maximum atomic E-state index is 12.4. The molecule has 1 aliphatic heterocycles. The van der Waals surface area contributed by atoms with Crippen LogP contribution in [0.1, 0.15) is 33.2 Å². The number of hydrogen-bond donors (Lipinski definition) is 2. The molecule has 0 radical (unpaired) electrons. The maximum absolute atomic E-state index is 12.4. The molecule has 1 aliphatic rings. The lowest BCUT2D eigenvalue weighted by molar-refractivity contribution is -0.115. The van der Waals surface area contributed by atoms with Gasteiger partial charge in [-0.2, -0.15) is 0 Å². The Kier molecular flexibility index (Phi) is 6.03. The lowest BCUT2D eigenvalue weighted by Crippen LogP contribution is -2.25. The highest BCUT2D eigenvalue weighted by molar-refractivity contribution is 8.01. The zero-order valence-electron chi connectivity index (χ0n) is 16.3. The number of carbonyl (C=O) groups is 4. The van der Waals surface area contributed by atoms with E-state index in [-0.39, 0.29) is 29.0 Å². The van der Waals surface area contributed by atoms with Crippen molar-refractivity contribution >= 4 is 46.8 Å². The van der Waals surface area contributed by atoms with Crippen molar-refractivity contribution in [3.63, 3.8) is 0 Å². The Hall–Kier alpha value is -3.13. The molecule has 0 aromatic heterocycles. The third-order valence-corrected chi connectivity index (χ3v) is 5.67. The molecule has 0 fully saturated rings. The van der Waals surface area contributed by atoms with Crippen molar-refractivity contribution in [2.45, 2.75) is 19.1 Å². The van der Waals surface area contributed by atoms with Crippen LogP contribution in [0.2, 0.25) is 0 Å². The third kappa shape index (κ3) is 4.65. The van der Waals surface area contributed by atoms with Gasteiger partial charge >= 0.3 is 0 Å². The molecular weight excluding hydrogens is 390 g/mol. The van der Waals surface area contributed by atoms with Crippen LogP contribution < -0.4 is 10.6 Å². The molecule has 2 aromatic rings. The molecule has 1 heterocycles. The van der Waals surface area contributed by atoms with E-state index in [4.69, 9.17) is 0 Å². The number of nitrogens with one attached hydrogen (secondary N) is 2. The summed E-state index contributed by atoms with van der Waals surface area (Å²) in [5, 5.41) is 5.04. The predicted octanol–water partition coefficient (Wildman–Crippen LogP) is 2.92. The Morgan fingerprint density at radius 2 is 1.59 bits per heavy atom. The summed E-state index contributed by atoms with van der Waals surface area (Å²) in [6.45, 7) is 3.67. The van der Waals surface area contributed by atoms with Crippen LogP contribution in [0, 0.1) is 6.92 Å². The van der Waals surface area contributed by atoms with Crippen LogP contribution in [-0.4, -0.2) is 46.6 Å². The van der Waals surface area contributed by atoms with Crippen molar-refractivity contribution in [2.75, 3.05) is 23.4 Å². The minimum absolute atomic E-state index is 0.129. The molecule has 1 unspecified atom stereocenters. The standard InChI is InChI=1S/C21H21N3O4S/c1-12-4-6-14(7-5-12)22-18(25)11-29-13(2)19(26)23-15-8-9-16-17(10-15)21(28)24(3)20(16)27/h4-10,13H,11H2,1-3H3,(H,22,25)(H,23,26). The van der Waals surface area contributed by atoms with Crippen LogP contribution in [0.5, 0.6) is 0 Å². The molecule has 4 amide bonds. The van der Waals surface area contributed by atoms with E-state index in [9.17, 15) is 19.2 Å². The summed E-state index contributed by atoms with van der Waals surface area (Å²) >= 11 is 1.21. The van der Waals surface area contributed by atoms with Gasteiger partial charge in [0.2, 0.25) is 11.8 Å². The van der Waals surface area contributed by atoms with Gasteiger partial charge in [0, 0.05) is 18.4 Å². The summed E-state index contributed by atoms with van der Waals surface area (Å²) in [4.78, 5) is 49.5. The largest absolute Gasteiger partial charge is 0.325 e. The normalized spacial score (nSPS) is 13.8. The molecule has 8 heteroatoms. The summed E-state index contributed by atoms with van der Waals surface area (Å²) in [7, 11) is 1.42. The Bertz CT molecular complexity index is 988. The van der Waals surface area contributed by atoms with Crippen molar-refractivity contribution in [1.29, 1.82) is 0 Å². The van der Waals surface area contributed by atoms with Crippen LogP contribution in [0.3, 0.4) is 0 Å². The number of nitrogens with zero attached hydrogens (tertiary/aromatic N) is 1. The molecule has 29 heavy (non-hydrogen) atoms. The molecule has 1 atom stereocenters. The van der Waals surface area contributed by atoms with E-state index >= 15 is 0 Å². The lowest BCUT2D eigenvalue weighted by atomic mass is 10.1. The smallest absolute Gasteiger partial charge is 0.261 e. The van der Waals surface area contributed by atoms with E-state index in [2.05, 4.69) is 10.6 Å². The van der Waals surface area contributed by atoms with Gasteiger partial charge in [-0.05, 0) is 44.2 Å². The van der Waals surface area contributed by atoms with Gasteiger partial charge in [-0.1, -0.05) is 17.7 Å². The lowest BCUT2D eigenvalue weighted by Gasteiger charge is -2.12. The first-order valence-corrected chi connectivity index (χ1v) is 10.1. The molecule has 3 rings (SSSR count).